The highest BCUT2D eigenvalue weighted by Gasteiger charge is 2.18. The van der Waals surface area contributed by atoms with Crippen molar-refractivity contribution in [2.45, 2.75) is 45.1 Å². The SMILES string of the molecule is CCCC(C#N)N1CCCCC1. The quantitative estimate of drug-likeness (QED) is 0.642. The fourth-order valence-corrected chi connectivity index (χ4v) is 1.83. The third-order valence-corrected chi connectivity index (χ3v) is 2.54. The van der Waals surface area contributed by atoms with Gasteiger partial charge in [0.1, 0.15) is 0 Å². The second-order valence-corrected chi connectivity index (χ2v) is 3.53. The molecule has 0 aromatic carbocycles. The van der Waals surface area contributed by atoms with Crippen LogP contribution in [0.25, 0.3) is 0 Å². The van der Waals surface area contributed by atoms with Crippen LogP contribution in [0.15, 0.2) is 0 Å². The minimum Gasteiger partial charge on any atom is -0.288 e. The molecule has 12 heavy (non-hydrogen) atoms. The molecule has 0 bridgehead atoms. The Labute approximate surface area is 75.2 Å². The van der Waals surface area contributed by atoms with Crippen molar-refractivity contribution in [3.05, 3.63) is 0 Å². The van der Waals surface area contributed by atoms with Crippen LogP contribution < -0.4 is 0 Å². The fourth-order valence-electron chi connectivity index (χ4n) is 1.83. The lowest BCUT2D eigenvalue weighted by atomic mass is 10.1. The molecule has 0 spiro atoms. The van der Waals surface area contributed by atoms with Crippen molar-refractivity contribution in [2.24, 2.45) is 0 Å². The Morgan fingerprint density at radius 2 is 2.00 bits per heavy atom. The summed E-state index contributed by atoms with van der Waals surface area (Å²) >= 11 is 0. The van der Waals surface area contributed by atoms with E-state index in [0.717, 1.165) is 25.9 Å². The Bertz CT molecular complexity index is 154. The van der Waals surface area contributed by atoms with Crippen LogP contribution in [0.1, 0.15) is 39.0 Å². The van der Waals surface area contributed by atoms with E-state index in [1.165, 1.54) is 19.3 Å². The van der Waals surface area contributed by atoms with Crippen LogP contribution in [0.2, 0.25) is 0 Å². The minimum atomic E-state index is 0.190. The maximum Gasteiger partial charge on any atom is 0.0977 e. The third kappa shape index (κ3) is 2.49. The van der Waals surface area contributed by atoms with E-state index in [2.05, 4.69) is 17.9 Å². The Morgan fingerprint density at radius 1 is 1.33 bits per heavy atom. The molecule has 1 rings (SSSR count). The van der Waals surface area contributed by atoms with Gasteiger partial charge in [-0.1, -0.05) is 19.8 Å². The second-order valence-electron chi connectivity index (χ2n) is 3.53. The van der Waals surface area contributed by atoms with Crippen LogP contribution in [0.5, 0.6) is 0 Å². The predicted octanol–water partition coefficient (Wildman–Crippen LogP) is 2.16. The van der Waals surface area contributed by atoms with Crippen LogP contribution in [-0.4, -0.2) is 24.0 Å². The molecule has 0 radical (unpaired) electrons. The highest BCUT2D eigenvalue weighted by molar-refractivity contribution is 4.92. The lowest BCUT2D eigenvalue weighted by Gasteiger charge is -2.30. The zero-order valence-electron chi connectivity index (χ0n) is 7.92. The van der Waals surface area contributed by atoms with Gasteiger partial charge in [0.15, 0.2) is 0 Å². The monoisotopic (exact) mass is 166 g/mol. The minimum absolute atomic E-state index is 0.190. The van der Waals surface area contributed by atoms with Gasteiger partial charge in [-0.25, -0.2) is 0 Å². The summed E-state index contributed by atoms with van der Waals surface area (Å²) in [6.45, 7) is 4.42. The third-order valence-electron chi connectivity index (χ3n) is 2.54. The molecule has 0 aliphatic carbocycles. The predicted molar refractivity (Wildman–Crippen MR) is 49.7 cm³/mol. The molecule has 1 saturated heterocycles. The Hall–Kier alpha value is -0.550. The highest BCUT2D eigenvalue weighted by Crippen LogP contribution is 2.14. The van der Waals surface area contributed by atoms with Crippen LogP contribution in [0, 0.1) is 11.3 Å². The van der Waals surface area contributed by atoms with E-state index in [1.54, 1.807) is 0 Å². The summed E-state index contributed by atoms with van der Waals surface area (Å²) in [4.78, 5) is 2.34. The molecule has 1 atom stereocenters. The summed E-state index contributed by atoms with van der Waals surface area (Å²) in [5, 5.41) is 8.92. The van der Waals surface area contributed by atoms with E-state index in [4.69, 9.17) is 5.26 Å². The van der Waals surface area contributed by atoms with E-state index < -0.39 is 0 Å². The van der Waals surface area contributed by atoms with E-state index in [-0.39, 0.29) is 6.04 Å². The van der Waals surface area contributed by atoms with Crippen molar-refractivity contribution in [1.29, 1.82) is 5.26 Å². The molecule has 0 aromatic rings. The first kappa shape index (κ1) is 9.54. The van der Waals surface area contributed by atoms with Gasteiger partial charge in [0, 0.05) is 0 Å². The zero-order valence-corrected chi connectivity index (χ0v) is 7.92. The molecule has 1 heterocycles. The molecular weight excluding hydrogens is 148 g/mol. The van der Waals surface area contributed by atoms with Crippen molar-refractivity contribution in [3.8, 4) is 6.07 Å². The van der Waals surface area contributed by atoms with Crippen LogP contribution in [0.4, 0.5) is 0 Å². The lowest BCUT2D eigenvalue weighted by molar-refractivity contribution is 0.187. The van der Waals surface area contributed by atoms with Gasteiger partial charge in [-0.15, -0.1) is 0 Å². The highest BCUT2D eigenvalue weighted by atomic mass is 15.2. The van der Waals surface area contributed by atoms with Gasteiger partial charge in [-0.3, -0.25) is 4.90 Å². The van der Waals surface area contributed by atoms with Crippen molar-refractivity contribution in [3.63, 3.8) is 0 Å². The van der Waals surface area contributed by atoms with Gasteiger partial charge in [-0.2, -0.15) is 5.26 Å². The normalized spacial score (nSPS) is 21.7. The first-order valence-corrected chi connectivity index (χ1v) is 5.02. The molecule has 1 fully saturated rings. The average molecular weight is 166 g/mol. The molecule has 0 N–H and O–H groups in total. The van der Waals surface area contributed by atoms with E-state index in [9.17, 15) is 0 Å². The summed E-state index contributed by atoms with van der Waals surface area (Å²) in [6.07, 6.45) is 6.07. The fraction of sp³-hybridized carbons (Fsp3) is 0.900. The summed E-state index contributed by atoms with van der Waals surface area (Å²) in [7, 11) is 0. The summed E-state index contributed by atoms with van der Waals surface area (Å²) in [5.74, 6) is 0. The van der Waals surface area contributed by atoms with Gasteiger partial charge in [0.2, 0.25) is 0 Å². The first-order valence-electron chi connectivity index (χ1n) is 5.02. The molecule has 0 saturated carbocycles. The second kappa shape index (κ2) is 5.16. The van der Waals surface area contributed by atoms with E-state index >= 15 is 0 Å². The van der Waals surface area contributed by atoms with Gasteiger partial charge < -0.3 is 0 Å². The van der Waals surface area contributed by atoms with Crippen LogP contribution in [-0.2, 0) is 0 Å². The maximum atomic E-state index is 8.92. The molecule has 0 amide bonds. The Kier molecular flexibility index (Phi) is 4.10. The lowest BCUT2D eigenvalue weighted by Crippen LogP contribution is -2.38. The molecule has 2 nitrogen and oxygen atoms in total. The smallest absolute Gasteiger partial charge is 0.0977 e. The molecule has 0 aromatic heterocycles. The number of nitrogens with zero attached hydrogens (tertiary/aromatic N) is 2. The largest absolute Gasteiger partial charge is 0.288 e. The van der Waals surface area contributed by atoms with Crippen molar-refractivity contribution < 1.29 is 0 Å². The van der Waals surface area contributed by atoms with Gasteiger partial charge in [-0.05, 0) is 32.4 Å². The molecule has 68 valence electrons. The number of piperidine rings is 1. The number of hydrogen-bond acceptors (Lipinski definition) is 2. The van der Waals surface area contributed by atoms with Gasteiger partial charge in [0.05, 0.1) is 12.1 Å². The van der Waals surface area contributed by atoms with E-state index in [0.29, 0.717) is 0 Å². The molecule has 1 aliphatic heterocycles. The molecule has 2 heteroatoms. The van der Waals surface area contributed by atoms with Crippen LogP contribution in [0.3, 0.4) is 0 Å². The summed E-state index contributed by atoms with van der Waals surface area (Å²) in [6, 6.07) is 2.59. The molecule has 1 unspecified atom stereocenters. The van der Waals surface area contributed by atoms with Crippen molar-refractivity contribution >= 4 is 0 Å². The Balaban J connectivity index is 2.36. The molecule has 1 aliphatic rings. The topological polar surface area (TPSA) is 27.0 Å². The van der Waals surface area contributed by atoms with Crippen molar-refractivity contribution in [2.75, 3.05) is 13.1 Å². The number of rotatable bonds is 3. The maximum absolute atomic E-state index is 8.92. The van der Waals surface area contributed by atoms with Gasteiger partial charge >= 0.3 is 0 Å². The van der Waals surface area contributed by atoms with Crippen molar-refractivity contribution in [1.82, 2.24) is 4.90 Å². The first-order chi connectivity index (χ1) is 5.88. The van der Waals surface area contributed by atoms with Gasteiger partial charge in [0.25, 0.3) is 0 Å². The summed E-state index contributed by atoms with van der Waals surface area (Å²) in [5.41, 5.74) is 0. The van der Waals surface area contributed by atoms with Crippen LogP contribution >= 0.6 is 0 Å². The number of nitriles is 1. The number of hydrogen-bond donors (Lipinski definition) is 0. The standard InChI is InChI=1S/C10H18N2/c1-2-6-10(9-11)12-7-4-3-5-8-12/h10H,2-8H2,1H3. The average Bonchev–Trinajstić information content (AvgIpc) is 2.15. The Morgan fingerprint density at radius 3 is 2.50 bits per heavy atom. The number of likely N-dealkylation sites (tertiary alicyclic amines) is 1. The van der Waals surface area contributed by atoms with E-state index in [1.807, 2.05) is 0 Å². The zero-order chi connectivity index (χ0) is 8.81. The molecular formula is C10H18N2. The summed E-state index contributed by atoms with van der Waals surface area (Å²) < 4.78 is 0.